The van der Waals surface area contributed by atoms with Crippen LogP contribution in [0.4, 0.5) is 26.3 Å². The van der Waals surface area contributed by atoms with Crippen LogP contribution in [-0.2, 0) is 12.1 Å². The maximum Gasteiger partial charge on any atom is 0.573 e. The lowest BCUT2D eigenvalue weighted by molar-refractivity contribution is -0.276. The van der Waals surface area contributed by atoms with Crippen LogP contribution in [0.25, 0.3) is 0 Å². The molecule has 0 fully saturated rings. The van der Waals surface area contributed by atoms with Gasteiger partial charge in [0.25, 0.3) is 5.24 Å². The summed E-state index contributed by atoms with van der Waals surface area (Å²) in [6.45, 7) is 0. The van der Waals surface area contributed by atoms with E-state index in [1.54, 1.807) is 0 Å². The Bertz CT molecular complexity index is 528. The van der Waals surface area contributed by atoms with Gasteiger partial charge in [0, 0.05) is 11.8 Å². The van der Waals surface area contributed by atoms with Gasteiger partial charge in [0.15, 0.2) is 11.4 Å². The minimum atomic E-state index is -5.42. The molecule has 0 N–H and O–H groups in total. The van der Waals surface area contributed by atoms with Crippen LogP contribution in [0.5, 0.6) is 5.75 Å². The van der Waals surface area contributed by atoms with E-state index in [1.165, 1.54) is 0 Å². The predicted octanol–water partition coefficient (Wildman–Crippen LogP) is 4.12. The molecular weight excluding hydrogens is 339 g/mol. The van der Waals surface area contributed by atoms with E-state index in [0.717, 1.165) is 0 Å². The number of halogens is 8. The molecule has 0 aliphatic rings. The summed E-state index contributed by atoms with van der Waals surface area (Å²) in [4.78, 5) is 13.7. The molecule has 0 aliphatic carbocycles. The first-order valence-electron chi connectivity index (χ1n) is 4.58. The standard InChI is InChI=1S/C9H3Cl2F6NO2/c10-1-3-4(7(11)19)2-18-6(8(12,13)14)5(3)20-9(15,16)17/h2H,1H2. The van der Waals surface area contributed by atoms with Crippen LogP contribution in [-0.4, -0.2) is 16.6 Å². The van der Waals surface area contributed by atoms with Gasteiger partial charge in [-0.25, -0.2) is 4.98 Å². The molecule has 0 saturated heterocycles. The Morgan fingerprint density at radius 3 is 2.15 bits per heavy atom. The molecule has 11 heteroatoms. The zero-order valence-electron chi connectivity index (χ0n) is 9.07. The highest BCUT2D eigenvalue weighted by atomic mass is 35.5. The first kappa shape index (κ1) is 16.8. The van der Waals surface area contributed by atoms with Crippen molar-refractivity contribution < 1.29 is 35.9 Å². The monoisotopic (exact) mass is 341 g/mol. The summed E-state index contributed by atoms with van der Waals surface area (Å²) in [6, 6.07) is 0. The number of ether oxygens (including phenoxy) is 1. The molecule has 0 radical (unpaired) electrons. The lowest BCUT2D eigenvalue weighted by Gasteiger charge is -2.18. The van der Waals surface area contributed by atoms with Crippen molar-refractivity contribution in [2.24, 2.45) is 0 Å². The highest BCUT2D eigenvalue weighted by Crippen LogP contribution is 2.40. The van der Waals surface area contributed by atoms with E-state index in [-0.39, 0.29) is 0 Å². The van der Waals surface area contributed by atoms with Crippen LogP contribution < -0.4 is 4.74 Å². The van der Waals surface area contributed by atoms with E-state index in [2.05, 4.69) is 9.72 Å². The van der Waals surface area contributed by atoms with E-state index in [9.17, 15) is 31.1 Å². The second-order valence-corrected chi connectivity index (χ2v) is 3.89. The van der Waals surface area contributed by atoms with E-state index < -0.39 is 46.2 Å². The maximum atomic E-state index is 12.6. The summed E-state index contributed by atoms with van der Waals surface area (Å²) in [6.07, 6.45) is -10.3. The Kier molecular flexibility index (Phi) is 4.75. The molecule has 0 atom stereocenters. The van der Waals surface area contributed by atoms with Gasteiger partial charge in [-0.05, 0) is 11.6 Å². The average molecular weight is 342 g/mol. The summed E-state index contributed by atoms with van der Waals surface area (Å²) in [5, 5.41) is -1.31. The van der Waals surface area contributed by atoms with Crippen molar-refractivity contribution in [2.75, 3.05) is 0 Å². The first-order valence-corrected chi connectivity index (χ1v) is 5.49. The van der Waals surface area contributed by atoms with E-state index in [1.807, 2.05) is 0 Å². The molecule has 1 heterocycles. The van der Waals surface area contributed by atoms with Crippen LogP contribution in [0.15, 0.2) is 6.20 Å². The molecular formula is C9H3Cl2F6NO2. The van der Waals surface area contributed by atoms with Gasteiger partial charge in [-0.15, -0.1) is 24.8 Å². The third-order valence-electron chi connectivity index (χ3n) is 1.97. The summed E-state index contributed by atoms with van der Waals surface area (Å²) >= 11 is 10.3. The molecule has 1 rings (SSSR count). The summed E-state index contributed by atoms with van der Waals surface area (Å²) in [7, 11) is 0. The Morgan fingerprint density at radius 2 is 1.80 bits per heavy atom. The number of alkyl halides is 7. The van der Waals surface area contributed by atoms with Gasteiger partial charge in [-0.1, -0.05) is 0 Å². The van der Waals surface area contributed by atoms with Crippen LogP contribution >= 0.6 is 23.2 Å². The van der Waals surface area contributed by atoms with E-state index >= 15 is 0 Å². The normalized spacial score (nSPS) is 12.4. The van der Waals surface area contributed by atoms with Crippen molar-refractivity contribution in [3.63, 3.8) is 0 Å². The van der Waals surface area contributed by atoms with Crippen molar-refractivity contribution in [3.05, 3.63) is 23.0 Å². The van der Waals surface area contributed by atoms with Crippen molar-refractivity contribution in [3.8, 4) is 5.75 Å². The molecule has 0 amide bonds. The first-order chi connectivity index (χ1) is 8.97. The van der Waals surface area contributed by atoms with Gasteiger partial charge in [-0.3, -0.25) is 4.79 Å². The molecule has 3 nitrogen and oxygen atoms in total. The van der Waals surface area contributed by atoms with E-state index in [0.29, 0.717) is 6.20 Å². The zero-order valence-corrected chi connectivity index (χ0v) is 10.6. The van der Waals surface area contributed by atoms with Gasteiger partial charge in [0.2, 0.25) is 0 Å². The molecule has 20 heavy (non-hydrogen) atoms. The molecule has 0 unspecified atom stereocenters. The van der Waals surface area contributed by atoms with Gasteiger partial charge in [-0.2, -0.15) is 13.2 Å². The maximum absolute atomic E-state index is 12.6. The Hall–Kier alpha value is -1.22. The average Bonchev–Trinajstić information content (AvgIpc) is 2.24. The van der Waals surface area contributed by atoms with Crippen molar-refractivity contribution in [1.82, 2.24) is 4.98 Å². The fourth-order valence-corrected chi connectivity index (χ4v) is 1.69. The summed E-state index contributed by atoms with van der Waals surface area (Å²) in [5.74, 6) is -2.54. The smallest absolute Gasteiger partial charge is 0.403 e. The van der Waals surface area contributed by atoms with Crippen LogP contribution in [0, 0.1) is 0 Å². The highest BCUT2D eigenvalue weighted by molar-refractivity contribution is 6.68. The lowest BCUT2D eigenvalue weighted by Crippen LogP contribution is -2.23. The molecule has 1 aromatic heterocycles. The summed E-state index contributed by atoms with van der Waals surface area (Å²) in [5.41, 5.74) is -3.49. The molecule has 0 spiro atoms. The third kappa shape index (κ3) is 3.89. The zero-order chi connectivity index (χ0) is 15.7. The molecule has 0 aliphatic heterocycles. The minimum Gasteiger partial charge on any atom is -0.403 e. The van der Waals surface area contributed by atoms with Crippen LogP contribution in [0.1, 0.15) is 21.6 Å². The van der Waals surface area contributed by atoms with Gasteiger partial charge in [0.1, 0.15) is 0 Å². The number of pyridine rings is 1. The van der Waals surface area contributed by atoms with Crippen molar-refractivity contribution >= 4 is 28.4 Å². The largest absolute Gasteiger partial charge is 0.573 e. The molecule has 0 aromatic carbocycles. The quantitative estimate of drug-likeness (QED) is 0.471. The molecule has 0 bridgehead atoms. The van der Waals surface area contributed by atoms with Gasteiger partial charge >= 0.3 is 12.5 Å². The van der Waals surface area contributed by atoms with Gasteiger partial charge < -0.3 is 4.74 Å². The Balaban J connectivity index is 3.60. The molecule has 1 aromatic rings. The van der Waals surface area contributed by atoms with Crippen molar-refractivity contribution in [1.29, 1.82) is 0 Å². The number of aromatic nitrogens is 1. The highest BCUT2D eigenvalue weighted by Gasteiger charge is 2.43. The topological polar surface area (TPSA) is 39.2 Å². The SMILES string of the molecule is O=C(Cl)c1cnc(C(F)(F)F)c(OC(F)(F)F)c1CCl. The van der Waals surface area contributed by atoms with Crippen LogP contribution in [0.3, 0.4) is 0 Å². The number of carbonyl (C=O) groups is 1. The Labute approximate surface area is 117 Å². The van der Waals surface area contributed by atoms with Gasteiger partial charge in [0.05, 0.1) is 11.4 Å². The Morgan fingerprint density at radius 1 is 1.25 bits per heavy atom. The minimum absolute atomic E-state index is 0.388. The summed E-state index contributed by atoms with van der Waals surface area (Å²) < 4.78 is 77.6. The fraction of sp³-hybridized carbons (Fsp3) is 0.333. The fourth-order valence-electron chi connectivity index (χ4n) is 1.26. The van der Waals surface area contributed by atoms with Crippen molar-refractivity contribution in [2.45, 2.75) is 18.4 Å². The number of hydrogen-bond acceptors (Lipinski definition) is 3. The van der Waals surface area contributed by atoms with Crippen LogP contribution in [0.2, 0.25) is 0 Å². The predicted molar refractivity (Wildman–Crippen MR) is 55.7 cm³/mol. The molecule has 0 saturated carbocycles. The third-order valence-corrected chi connectivity index (χ3v) is 2.44. The second-order valence-electron chi connectivity index (χ2n) is 3.28. The molecule has 112 valence electrons. The lowest BCUT2D eigenvalue weighted by atomic mass is 10.1. The number of carbonyl (C=O) groups excluding carboxylic acids is 1. The second kappa shape index (κ2) is 5.65. The number of rotatable bonds is 3. The van der Waals surface area contributed by atoms with E-state index in [4.69, 9.17) is 23.2 Å². The number of nitrogens with zero attached hydrogens (tertiary/aromatic N) is 1. The number of hydrogen-bond donors (Lipinski definition) is 0.